The molecule has 2 aromatic carbocycles. The van der Waals surface area contributed by atoms with E-state index in [9.17, 15) is 14.9 Å². The minimum Gasteiger partial charge on any atom is -0.497 e. The Kier molecular flexibility index (Phi) is 5.24. The highest BCUT2D eigenvalue weighted by molar-refractivity contribution is 8.18. The molecule has 1 aliphatic heterocycles. The van der Waals surface area contributed by atoms with Crippen molar-refractivity contribution < 1.29 is 14.5 Å². The van der Waals surface area contributed by atoms with Crippen LogP contribution < -0.4 is 10.1 Å². The predicted molar refractivity (Wildman–Crippen MR) is 102 cm³/mol. The zero-order valence-electron chi connectivity index (χ0n) is 13.4. The third-order valence-electron chi connectivity index (χ3n) is 3.40. The average Bonchev–Trinajstić information content (AvgIpc) is 2.95. The van der Waals surface area contributed by atoms with Crippen LogP contribution in [0.25, 0.3) is 6.08 Å². The molecule has 0 radical (unpaired) electrons. The fourth-order valence-corrected chi connectivity index (χ4v) is 3.21. The Balaban J connectivity index is 1.89. The van der Waals surface area contributed by atoms with Gasteiger partial charge in [-0.25, -0.2) is 4.99 Å². The number of benzene rings is 2. The maximum absolute atomic E-state index is 12.1. The molecule has 0 aromatic heterocycles. The fraction of sp³-hybridized carbons (Fsp3) is 0.0588. The fourth-order valence-electron chi connectivity index (χ4n) is 2.21. The number of nitrogens with zero attached hydrogens (tertiary/aromatic N) is 2. The number of halogens is 1. The third-order valence-corrected chi connectivity index (χ3v) is 4.54. The zero-order valence-corrected chi connectivity index (χ0v) is 15.0. The summed E-state index contributed by atoms with van der Waals surface area (Å²) in [6, 6.07) is 11.4. The van der Waals surface area contributed by atoms with Gasteiger partial charge in [0.2, 0.25) is 0 Å². The summed E-state index contributed by atoms with van der Waals surface area (Å²) >= 11 is 6.89. The van der Waals surface area contributed by atoms with Crippen LogP contribution in [0, 0.1) is 10.1 Å². The van der Waals surface area contributed by atoms with Gasteiger partial charge >= 0.3 is 0 Å². The molecule has 3 rings (SSSR count). The van der Waals surface area contributed by atoms with Crippen LogP contribution >= 0.6 is 23.4 Å². The summed E-state index contributed by atoms with van der Waals surface area (Å²) in [6.45, 7) is 0. The number of nitro benzene ring substituents is 1. The number of rotatable bonds is 4. The van der Waals surface area contributed by atoms with E-state index in [1.807, 2.05) is 12.1 Å². The van der Waals surface area contributed by atoms with Crippen LogP contribution in [0.2, 0.25) is 5.02 Å². The number of ether oxygens (including phenoxy) is 1. The Bertz CT molecular complexity index is 959. The third kappa shape index (κ3) is 4.04. The molecule has 1 fully saturated rings. The Labute approximate surface area is 157 Å². The molecule has 26 heavy (non-hydrogen) atoms. The number of hydrogen-bond donors (Lipinski definition) is 1. The van der Waals surface area contributed by atoms with Crippen molar-refractivity contribution in [3.05, 3.63) is 68.1 Å². The molecule has 132 valence electrons. The predicted octanol–water partition coefficient (Wildman–Crippen LogP) is 4.15. The van der Waals surface area contributed by atoms with Crippen molar-refractivity contribution >= 4 is 51.9 Å². The van der Waals surface area contributed by atoms with Crippen molar-refractivity contribution in [1.82, 2.24) is 5.32 Å². The van der Waals surface area contributed by atoms with E-state index in [1.54, 1.807) is 25.3 Å². The summed E-state index contributed by atoms with van der Waals surface area (Å²) in [5, 5.41) is 14.2. The number of amides is 1. The standard InChI is InChI=1S/C17H12ClN3O4S/c1-25-12-4-2-3-10(7-12)8-15-16(22)20-17(26-15)19-13-6-5-11(18)9-14(13)21(23)24/h2-9H,1H3,(H,19,20,22)/b15-8+. The molecular formula is C17H12ClN3O4S. The van der Waals surface area contributed by atoms with Crippen LogP contribution in [0.5, 0.6) is 5.75 Å². The van der Waals surface area contributed by atoms with Crippen molar-refractivity contribution in [3.63, 3.8) is 0 Å². The van der Waals surface area contributed by atoms with Gasteiger partial charge in [-0.2, -0.15) is 0 Å². The van der Waals surface area contributed by atoms with Crippen LogP contribution in [0.1, 0.15) is 5.56 Å². The van der Waals surface area contributed by atoms with Crippen molar-refractivity contribution in [1.29, 1.82) is 0 Å². The van der Waals surface area contributed by atoms with Crippen LogP contribution in [-0.2, 0) is 4.79 Å². The van der Waals surface area contributed by atoms with Gasteiger partial charge in [-0.15, -0.1) is 0 Å². The second kappa shape index (κ2) is 7.59. The topological polar surface area (TPSA) is 93.8 Å². The largest absolute Gasteiger partial charge is 0.497 e. The molecule has 1 heterocycles. The van der Waals surface area contributed by atoms with Gasteiger partial charge < -0.3 is 10.1 Å². The smallest absolute Gasteiger partial charge is 0.296 e. The summed E-state index contributed by atoms with van der Waals surface area (Å²) in [6.07, 6.45) is 1.70. The lowest BCUT2D eigenvalue weighted by Gasteiger charge is -2.00. The second-order valence-electron chi connectivity index (χ2n) is 5.15. The molecule has 1 amide bonds. The second-order valence-corrected chi connectivity index (χ2v) is 6.62. The number of thioether (sulfide) groups is 1. The highest BCUT2D eigenvalue weighted by Crippen LogP contribution is 2.33. The van der Waals surface area contributed by atoms with Gasteiger partial charge in [-0.1, -0.05) is 23.7 Å². The molecule has 9 heteroatoms. The highest BCUT2D eigenvalue weighted by Gasteiger charge is 2.25. The van der Waals surface area contributed by atoms with E-state index in [4.69, 9.17) is 16.3 Å². The molecule has 2 aromatic rings. The first-order chi connectivity index (χ1) is 12.5. The molecule has 7 nitrogen and oxygen atoms in total. The van der Waals surface area contributed by atoms with E-state index in [2.05, 4.69) is 10.3 Å². The molecule has 0 spiro atoms. The van der Waals surface area contributed by atoms with Gasteiger partial charge in [-0.3, -0.25) is 14.9 Å². The Hall–Kier alpha value is -2.84. The van der Waals surface area contributed by atoms with E-state index < -0.39 is 4.92 Å². The number of methoxy groups -OCH3 is 1. The van der Waals surface area contributed by atoms with Crippen molar-refractivity contribution in [2.45, 2.75) is 0 Å². The van der Waals surface area contributed by atoms with E-state index in [0.717, 1.165) is 17.3 Å². The number of nitrogens with one attached hydrogen (secondary N) is 1. The van der Waals surface area contributed by atoms with E-state index in [-0.39, 0.29) is 27.5 Å². The average molecular weight is 390 g/mol. The van der Waals surface area contributed by atoms with E-state index in [0.29, 0.717) is 10.7 Å². The Morgan fingerprint density at radius 3 is 2.85 bits per heavy atom. The van der Waals surface area contributed by atoms with Crippen molar-refractivity contribution in [2.24, 2.45) is 4.99 Å². The lowest BCUT2D eigenvalue weighted by atomic mass is 10.2. The normalized spacial score (nSPS) is 16.8. The summed E-state index contributed by atoms with van der Waals surface area (Å²) in [4.78, 5) is 27.3. The molecule has 1 N–H and O–H groups in total. The highest BCUT2D eigenvalue weighted by atomic mass is 35.5. The minimum absolute atomic E-state index is 0.116. The molecule has 0 atom stereocenters. The Morgan fingerprint density at radius 1 is 1.31 bits per heavy atom. The maximum atomic E-state index is 12.1. The lowest BCUT2D eigenvalue weighted by Crippen LogP contribution is -2.19. The van der Waals surface area contributed by atoms with Gasteiger partial charge in [0.25, 0.3) is 11.6 Å². The molecule has 0 unspecified atom stereocenters. The van der Waals surface area contributed by atoms with Crippen LogP contribution in [-0.4, -0.2) is 23.1 Å². The number of aliphatic imine (C=N–C) groups is 1. The van der Waals surface area contributed by atoms with Crippen LogP contribution in [0.4, 0.5) is 11.4 Å². The van der Waals surface area contributed by atoms with E-state index in [1.165, 1.54) is 18.2 Å². The summed E-state index contributed by atoms with van der Waals surface area (Å²) in [7, 11) is 1.56. The summed E-state index contributed by atoms with van der Waals surface area (Å²) in [5.41, 5.74) is 0.677. The van der Waals surface area contributed by atoms with Gasteiger partial charge in [0, 0.05) is 11.1 Å². The summed E-state index contributed by atoms with van der Waals surface area (Å²) < 4.78 is 5.16. The number of carbonyl (C=O) groups is 1. The number of amidine groups is 1. The first-order valence-electron chi connectivity index (χ1n) is 7.34. The first-order valence-corrected chi connectivity index (χ1v) is 8.53. The molecule has 1 aliphatic rings. The molecule has 0 saturated carbocycles. The lowest BCUT2D eigenvalue weighted by molar-refractivity contribution is -0.384. The van der Waals surface area contributed by atoms with Gasteiger partial charge in [0.15, 0.2) is 5.17 Å². The minimum atomic E-state index is -0.570. The van der Waals surface area contributed by atoms with Crippen molar-refractivity contribution in [2.75, 3.05) is 7.11 Å². The molecule has 1 saturated heterocycles. The first kappa shape index (κ1) is 18.0. The molecular weight excluding hydrogens is 378 g/mol. The van der Waals surface area contributed by atoms with Gasteiger partial charge in [-0.05, 0) is 47.7 Å². The number of carbonyl (C=O) groups excluding carboxylic acids is 1. The molecule has 0 bridgehead atoms. The molecule has 0 aliphatic carbocycles. The SMILES string of the molecule is COc1cccc(/C=C2/SC(=Nc3ccc(Cl)cc3[N+](=O)[O-])NC2=O)c1. The Morgan fingerprint density at radius 2 is 2.12 bits per heavy atom. The van der Waals surface area contributed by atoms with Crippen LogP contribution in [0.15, 0.2) is 52.4 Å². The number of hydrogen-bond acceptors (Lipinski definition) is 6. The quantitative estimate of drug-likeness (QED) is 0.481. The monoisotopic (exact) mass is 389 g/mol. The van der Waals surface area contributed by atoms with Gasteiger partial charge in [0.05, 0.1) is 16.9 Å². The van der Waals surface area contributed by atoms with Crippen molar-refractivity contribution in [3.8, 4) is 5.75 Å². The maximum Gasteiger partial charge on any atom is 0.296 e. The van der Waals surface area contributed by atoms with Crippen LogP contribution in [0.3, 0.4) is 0 Å². The summed E-state index contributed by atoms with van der Waals surface area (Å²) in [5.74, 6) is 0.349. The number of nitro groups is 1. The van der Waals surface area contributed by atoms with Gasteiger partial charge in [0.1, 0.15) is 11.4 Å². The zero-order chi connectivity index (χ0) is 18.7. The van der Waals surface area contributed by atoms with E-state index >= 15 is 0 Å².